The van der Waals surface area contributed by atoms with E-state index in [1.807, 2.05) is 158 Å². The molecule has 0 saturated heterocycles. The number of nitrogens with zero attached hydrogens (tertiary/aromatic N) is 6. The highest BCUT2D eigenvalue weighted by Crippen LogP contribution is 2.36. The second-order valence-corrected chi connectivity index (χ2v) is 11.8. The lowest BCUT2D eigenvalue weighted by Crippen LogP contribution is -2.01. The Bertz CT molecular complexity index is 2270. The van der Waals surface area contributed by atoms with Gasteiger partial charge in [-0.2, -0.15) is 0 Å². The van der Waals surface area contributed by atoms with Gasteiger partial charge < -0.3 is 0 Å². The first-order chi connectivity index (χ1) is 24.2. The first-order valence-electron chi connectivity index (χ1n) is 15.8. The highest BCUT2D eigenvalue weighted by atomic mass is 35.5. The van der Waals surface area contributed by atoms with E-state index in [0.29, 0.717) is 40.0 Å². The van der Waals surface area contributed by atoms with Crippen molar-refractivity contribution in [2.24, 2.45) is 0 Å². The van der Waals surface area contributed by atoms with E-state index in [0.717, 1.165) is 44.5 Å². The van der Waals surface area contributed by atoms with Crippen LogP contribution in [0.1, 0.15) is 0 Å². The lowest BCUT2D eigenvalue weighted by Gasteiger charge is -2.13. The molecule has 0 spiro atoms. The normalized spacial score (nSPS) is 11.0. The number of rotatable bonds is 7. The van der Waals surface area contributed by atoms with Crippen LogP contribution in [0.25, 0.3) is 79.5 Å². The first kappa shape index (κ1) is 30.0. The van der Waals surface area contributed by atoms with Crippen molar-refractivity contribution < 1.29 is 0 Å². The molecule has 0 bridgehead atoms. The molecule has 0 aliphatic heterocycles. The number of benzene rings is 6. The van der Waals surface area contributed by atoms with Gasteiger partial charge in [0, 0.05) is 38.4 Å². The van der Waals surface area contributed by atoms with Crippen LogP contribution >= 0.6 is 11.6 Å². The van der Waals surface area contributed by atoms with Gasteiger partial charge in [0.25, 0.3) is 0 Å². The molecule has 232 valence electrons. The molecule has 2 aromatic heterocycles. The molecular weight excluding hydrogens is 624 g/mol. The molecule has 0 saturated carbocycles. The average Bonchev–Trinajstić information content (AvgIpc) is 3.19. The lowest BCUT2D eigenvalue weighted by atomic mass is 9.97. The van der Waals surface area contributed by atoms with Gasteiger partial charge in [0.1, 0.15) is 0 Å². The minimum Gasteiger partial charge on any atom is -0.208 e. The molecule has 8 rings (SSSR count). The third-order valence-corrected chi connectivity index (χ3v) is 8.29. The molecule has 8 aromatic rings. The minimum atomic E-state index is 0.544. The van der Waals surface area contributed by atoms with E-state index in [-0.39, 0.29) is 0 Å². The SMILES string of the molecule is Clc1ccc(-c2nc(-c3ccccc3)nc(-c3ccccc3)n2)c(-c2cccc(-c3nc(-c4ccccc4)nc(-c4ccccc4)n3)c2)c1. The second-order valence-electron chi connectivity index (χ2n) is 11.3. The van der Waals surface area contributed by atoms with Crippen LogP contribution < -0.4 is 0 Å². The lowest BCUT2D eigenvalue weighted by molar-refractivity contribution is 1.07. The van der Waals surface area contributed by atoms with Crippen molar-refractivity contribution >= 4 is 11.6 Å². The zero-order valence-corrected chi connectivity index (χ0v) is 26.9. The molecule has 6 aromatic carbocycles. The maximum atomic E-state index is 6.66. The van der Waals surface area contributed by atoms with Crippen LogP contribution in [-0.2, 0) is 0 Å². The van der Waals surface area contributed by atoms with Crippen molar-refractivity contribution in [2.45, 2.75) is 0 Å². The fourth-order valence-corrected chi connectivity index (χ4v) is 5.81. The molecule has 0 amide bonds. The van der Waals surface area contributed by atoms with E-state index in [4.69, 9.17) is 41.5 Å². The number of aromatic nitrogens is 6. The zero-order valence-electron chi connectivity index (χ0n) is 26.1. The summed E-state index contributed by atoms with van der Waals surface area (Å²) in [5.74, 6) is 3.49. The van der Waals surface area contributed by atoms with Gasteiger partial charge in [-0.1, -0.05) is 151 Å². The molecule has 0 fully saturated rings. The predicted octanol–water partition coefficient (Wildman–Crippen LogP) is 10.4. The van der Waals surface area contributed by atoms with Crippen molar-refractivity contribution in [1.29, 1.82) is 0 Å². The fourth-order valence-electron chi connectivity index (χ4n) is 5.64. The summed E-state index contributed by atoms with van der Waals surface area (Å²) < 4.78 is 0. The number of hydrogen-bond acceptors (Lipinski definition) is 6. The summed E-state index contributed by atoms with van der Waals surface area (Å²) in [5.41, 5.74) is 7.08. The van der Waals surface area contributed by atoms with Gasteiger partial charge in [-0.3, -0.25) is 0 Å². The number of halogens is 1. The Balaban J connectivity index is 1.28. The van der Waals surface area contributed by atoms with Crippen LogP contribution in [0.2, 0.25) is 5.02 Å². The minimum absolute atomic E-state index is 0.544. The summed E-state index contributed by atoms with van der Waals surface area (Å²) in [4.78, 5) is 29.6. The largest absolute Gasteiger partial charge is 0.208 e. The Labute approximate surface area is 288 Å². The van der Waals surface area contributed by atoms with E-state index in [1.54, 1.807) is 0 Å². The topological polar surface area (TPSA) is 77.3 Å². The molecule has 6 nitrogen and oxygen atoms in total. The van der Waals surface area contributed by atoms with E-state index in [2.05, 4.69) is 6.07 Å². The van der Waals surface area contributed by atoms with Gasteiger partial charge in [-0.25, -0.2) is 29.9 Å². The van der Waals surface area contributed by atoms with Crippen molar-refractivity contribution in [3.8, 4) is 79.5 Å². The molecular formula is C42H27ClN6. The molecule has 0 radical (unpaired) electrons. The number of hydrogen-bond donors (Lipinski definition) is 0. The summed E-state index contributed by atoms with van der Waals surface area (Å²) >= 11 is 6.66. The molecule has 0 unspecified atom stereocenters. The summed E-state index contributed by atoms with van der Waals surface area (Å²) in [6.07, 6.45) is 0. The third-order valence-electron chi connectivity index (χ3n) is 8.05. The maximum Gasteiger partial charge on any atom is 0.164 e. The zero-order chi connectivity index (χ0) is 33.0. The summed E-state index contributed by atoms with van der Waals surface area (Å²) in [7, 11) is 0. The average molecular weight is 651 g/mol. The molecule has 49 heavy (non-hydrogen) atoms. The van der Waals surface area contributed by atoms with Gasteiger partial charge in [-0.05, 0) is 35.4 Å². The standard InChI is InChI=1S/C42H27ClN6/c43-34-24-25-35(42-48-39(30-18-9-3-10-19-30)45-40(49-42)31-20-11-4-12-21-31)36(27-34)32-22-13-23-33(26-32)41-46-37(28-14-5-1-6-15-28)44-38(47-41)29-16-7-2-8-17-29/h1-27H. The monoisotopic (exact) mass is 650 g/mol. The van der Waals surface area contributed by atoms with Crippen molar-refractivity contribution in [3.05, 3.63) is 169 Å². The van der Waals surface area contributed by atoms with Crippen molar-refractivity contribution in [2.75, 3.05) is 0 Å². The van der Waals surface area contributed by atoms with Crippen LogP contribution in [0.3, 0.4) is 0 Å². The predicted molar refractivity (Wildman–Crippen MR) is 196 cm³/mol. The Morgan fingerprint density at radius 2 is 0.612 bits per heavy atom. The van der Waals surface area contributed by atoms with Crippen LogP contribution in [-0.4, -0.2) is 29.9 Å². The Kier molecular flexibility index (Phi) is 8.20. The Morgan fingerprint density at radius 3 is 1.04 bits per heavy atom. The molecule has 0 atom stereocenters. The van der Waals surface area contributed by atoms with E-state index >= 15 is 0 Å². The fraction of sp³-hybridized carbons (Fsp3) is 0. The van der Waals surface area contributed by atoms with E-state index < -0.39 is 0 Å². The summed E-state index contributed by atoms with van der Waals surface area (Å²) in [6, 6.07) is 53.7. The molecule has 0 N–H and O–H groups in total. The van der Waals surface area contributed by atoms with Gasteiger partial charge in [0.2, 0.25) is 0 Å². The highest BCUT2D eigenvalue weighted by molar-refractivity contribution is 6.31. The first-order valence-corrected chi connectivity index (χ1v) is 16.2. The summed E-state index contributed by atoms with van der Waals surface area (Å²) in [5, 5.41) is 0.600. The van der Waals surface area contributed by atoms with E-state index in [9.17, 15) is 0 Å². The van der Waals surface area contributed by atoms with Crippen molar-refractivity contribution in [1.82, 2.24) is 29.9 Å². The van der Waals surface area contributed by atoms with E-state index in [1.165, 1.54) is 0 Å². The van der Waals surface area contributed by atoms with Crippen LogP contribution in [0.15, 0.2) is 164 Å². The summed E-state index contributed by atoms with van der Waals surface area (Å²) in [6.45, 7) is 0. The van der Waals surface area contributed by atoms with Gasteiger partial charge in [0.05, 0.1) is 0 Å². The second kappa shape index (κ2) is 13.4. The molecule has 0 aliphatic carbocycles. The van der Waals surface area contributed by atoms with Crippen LogP contribution in [0, 0.1) is 0 Å². The van der Waals surface area contributed by atoms with Gasteiger partial charge >= 0.3 is 0 Å². The Morgan fingerprint density at radius 1 is 0.265 bits per heavy atom. The van der Waals surface area contributed by atoms with Crippen LogP contribution in [0.4, 0.5) is 0 Å². The van der Waals surface area contributed by atoms with Crippen LogP contribution in [0.5, 0.6) is 0 Å². The van der Waals surface area contributed by atoms with Crippen molar-refractivity contribution in [3.63, 3.8) is 0 Å². The maximum absolute atomic E-state index is 6.66. The molecule has 0 aliphatic rings. The smallest absolute Gasteiger partial charge is 0.164 e. The van der Waals surface area contributed by atoms with Gasteiger partial charge in [0.15, 0.2) is 34.9 Å². The third kappa shape index (κ3) is 6.46. The van der Waals surface area contributed by atoms with Gasteiger partial charge in [-0.15, -0.1) is 0 Å². The highest BCUT2D eigenvalue weighted by Gasteiger charge is 2.18. The molecule has 7 heteroatoms. The molecule has 2 heterocycles. The quantitative estimate of drug-likeness (QED) is 0.171. The Hall–Kier alpha value is -6.37.